The lowest BCUT2D eigenvalue weighted by atomic mass is 10.2. The monoisotopic (exact) mass is 424 g/mol. The molecule has 1 aliphatic heterocycles. The SMILES string of the molecule is C=CCNC(=O)CSc1nnc(-c2cccc(S(=O)(=O)N3CCOCC3)c2)o1. The van der Waals surface area contributed by atoms with Crippen molar-refractivity contribution >= 4 is 27.7 Å². The van der Waals surface area contributed by atoms with Crippen LogP contribution in [0.1, 0.15) is 0 Å². The quantitative estimate of drug-likeness (QED) is 0.496. The maximum absolute atomic E-state index is 12.8. The van der Waals surface area contributed by atoms with E-state index in [2.05, 4.69) is 22.1 Å². The molecule has 0 radical (unpaired) electrons. The van der Waals surface area contributed by atoms with Crippen molar-refractivity contribution in [1.29, 1.82) is 0 Å². The molecular weight excluding hydrogens is 404 g/mol. The van der Waals surface area contributed by atoms with Gasteiger partial charge in [-0.15, -0.1) is 16.8 Å². The van der Waals surface area contributed by atoms with Crippen molar-refractivity contribution in [3.8, 4) is 11.5 Å². The summed E-state index contributed by atoms with van der Waals surface area (Å²) in [7, 11) is -3.62. The predicted molar refractivity (Wildman–Crippen MR) is 103 cm³/mol. The first-order valence-corrected chi connectivity index (χ1v) is 11.0. The van der Waals surface area contributed by atoms with Gasteiger partial charge in [-0.25, -0.2) is 8.42 Å². The summed E-state index contributed by atoms with van der Waals surface area (Å²) in [6, 6.07) is 6.35. The minimum absolute atomic E-state index is 0.126. The van der Waals surface area contributed by atoms with Crippen molar-refractivity contribution in [2.75, 3.05) is 38.6 Å². The summed E-state index contributed by atoms with van der Waals surface area (Å²) in [6.07, 6.45) is 1.59. The van der Waals surface area contributed by atoms with Crippen LogP contribution in [0.5, 0.6) is 0 Å². The molecule has 0 aliphatic carbocycles. The van der Waals surface area contributed by atoms with Gasteiger partial charge in [-0.2, -0.15) is 4.31 Å². The van der Waals surface area contributed by atoms with Crippen LogP contribution in [-0.2, 0) is 19.6 Å². The van der Waals surface area contributed by atoms with Gasteiger partial charge in [-0.1, -0.05) is 23.9 Å². The lowest BCUT2D eigenvalue weighted by Crippen LogP contribution is -2.40. The number of nitrogens with one attached hydrogen (secondary N) is 1. The average Bonchev–Trinajstić information content (AvgIpc) is 3.20. The molecule has 0 saturated carbocycles. The fraction of sp³-hybridized carbons (Fsp3) is 0.353. The molecule has 1 aromatic carbocycles. The number of nitrogens with zero attached hydrogens (tertiary/aromatic N) is 3. The zero-order chi connectivity index (χ0) is 20.0. The molecule has 2 aromatic rings. The van der Waals surface area contributed by atoms with Crippen LogP contribution in [0.25, 0.3) is 11.5 Å². The fourth-order valence-corrected chi connectivity index (χ4v) is 4.52. The second kappa shape index (κ2) is 9.32. The van der Waals surface area contributed by atoms with E-state index in [9.17, 15) is 13.2 Å². The minimum atomic E-state index is -3.62. The van der Waals surface area contributed by atoms with Gasteiger partial charge in [0.2, 0.25) is 21.8 Å². The van der Waals surface area contributed by atoms with Crippen LogP contribution in [0, 0.1) is 0 Å². The summed E-state index contributed by atoms with van der Waals surface area (Å²) >= 11 is 1.10. The number of morpholine rings is 1. The summed E-state index contributed by atoms with van der Waals surface area (Å²) in [5, 5.41) is 10.7. The van der Waals surface area contributed by atoms with E-state index in [1.54, 1.807) is 18.2 Å². The molecule has 3 rings (SSSR count). The molecule has 1 N–H and O–H groups in total. The van der Waals surface area contributed by atoms with Crippen LogP contribution >= 0.6 is 11.8 Å². The topological polar surface area (TPSA) is 115 Å². The van der Waals surface area contributed by atoms with Crippen molar-refractivity contribution in [3.63, 3.8) is 0 Å². The van der Waals surface area contributed by atoms with Gasteiger partial charge in [0.15, 0.2) is 0 Å². The van der Waals surface area contributed by atoms with Gasteiger partial charge in [0.1, 0.15) is 0 Å². The third-order valence-electron chi connectivity index (χ3n) is 3.87. The summed E-state index contributed by atoms with van der Waals surface area (Å²) in [4.78, 5) is 11.8. The van der Waals surface area contributed by atoms with E-state index in [0.717, 1.165) is 11.8 Å². The molecule has 0 bridgehead atoms. The van der Waals surface area contributed by atoms with E-state index in [1.807, 2.05) is 0 Å². The van der Waals surface area contributed by atoms with E-state index in [4.69, 9.17) is 9.15 Å². The van der Waals surface area contributed by atoms with Crippen molar-refractivity contribution in [3.05, 3.63) is 36.9 Å². The normalized spacial score (nSPS) is 15.3. The Morgan fingerprint density at radius 2 is 2.11 bits per heavy atom. The molecule has 0 unspecified atom stereocenters. The number of benzene rings is 1. The average molecular weight is 425 g/mol. The van der Waals surface area contributed by atoms with Crippen LogP contribution in [-0.4, -0.2) is 67.4 Å². The summed E-state index contributed by atoms with van der Waals surface area (Å²) in [5.74, 6) is 0.136. The second-order valence-electron chi connectivity index (χ2n) is 5.80. The van der Waals surface area contributed by atoms with E-state index >= 15 is 0 Å². The van der Waals surface area contributed by atoms with Gasteiger partial charge >= 0.3 is 0 Å². The Balaban J connectivity index is 1.71. The van der Waals surface area contributed by atoms with E-state index in [0.29, 0.717) is 38.4 Å². The van der Waals surface area contributed by atoms with Crippen LogP contribution in [0.4, 0.5) is 0 Å². The number of ether oxygens (including phenoxy) is 1. The Kier molecular flexibility index (Phi) is 6.83. The van der Waals surface area contributed by atoms with Crippen molar-refractivity contribution < 1.29 is 22.4 Å². The molecule has 1 saturated heterocycles. The highest BCUT2D eigenvalue weighted by Gasteiger charge is 2.26. The fourth-order valence-electron chi connectivity index (χ4n) is 2.47. The summed E-state index contributed by atoms with van der Waals surface area (Å²) < 4.78 is 37.7. The van der Waals surface area contributed by atoms with Gasteiger partial charge < -0.3 is 14.5 Å². The molecule has 1 amide bonds. The number of aromatic nitrogens is 2. The molecule has 1 aliphatic rings. The first-order chi connectivity index (χ1) is 13.5. The number of hydrogen-bond acceptors (Lipinski definition) is 8. The number of carbonyl (C=O) groups is 1. The van der Waals surface area contributed by atoms with Gasteiger partial charge in [0.05, 0.1) is 23.9 Å². The van der Waals surface area contributed by atoms with Gasteiger partial charge in [-0.05, 0) is 18.2 Å². The van der Waals surface area contributed by atoms with Crippen LogP contribution in [0.3, 0.4) is 0 Å². The van der Waals surface area contributed by atoms with E-state index < -0.39 is 10.0 Å². The lowest BCUT2D eigenvalue weighted by Gasteiger charge is -2.26. The highest BCUT2D eigenvalue weighted by Crippen LogP contribution is 2.26. The number of rotatable bonds is 8. The number of sulfonamides is 1. The van der Waals surface area contributed by atoms with E-state index in [-0.39, 0.29) is 27.7 Å². The van der Waals surface area contributed by atoms with Crippen LogP contribution in [0.2, 0.25) is 0 Å². The zero-order valence-electron chi connectivity index (χ0n) is 15.0. The third kappa shape index (κ3) is 4.98. The van der Waals surface area contributed by atoms with Crippen molar-refractivity contribution in [1.82, 2.24) is 19.8 Å². The van der Waals surface area contributed by atoms with Gasteiger partial charge in [0.25, 0.3) is 5.22 Å². The van der Waals surface area contributed by atoms with E-state index in [1.165, 1.54) is 16.4 Å². The summed E-state index contributed by atoms with van der Waals surface area (Å²) in [5.41, 5.74) is 0.491. The molecule has 2 heterocycles. The molecule has 9 nitrogen and oxygen atoms in total. The highest BCUT2D eigenvalue weighted by atomic mass is 32.2. The van der Waals surface area contributed by atoms with Crippen molar-refractivity contribution in [2.45, 2.75) is 10.1 Å². The maximum Gasteiger partial charge on any atom is 0.277 e. The largest absolute Gasteiger partial charge is 0.411 e. The molecule has 28 heavy (non-hydrogen) atoms. The molecule has 1 aromatic heterocycles. The van der Waals surface area contributed by atoms with Crippen molar-refractivity contribution in [2.24, 2.45) is 0 Å². The standard InChI is InChI=1S/C17H20N4O5S2/c1-2-6-18-15(22)12-27-17-20-19-16(26-17)13-4-3-5-14(11-13)28(23,24)21-7-9-25-10-8-21/h2-5,11H,1,6-10,12H2,(H,18,22). The highest BCUT2D eigenvalue weighted by molar-refractivity contribution is 7.99. The Morgan fingerprint density at radius 1 is 1.32 bits per heavy atom. The Hall–Kier alpha value is -2.21. The number of hydrogen-bond donors (Lipinski definition) is 1. The first-order valence-electron chi connectivity index (χ1n) is 8.53. The summed E-state index contributed by atoms with van der Waals surface area (Å²) in [6.45, 7) is 5.31. The minimum Gasteiger partial charge on any atom is -0.411 e. The molecule has 150 valence electrons. The smallest absolute Gasteiger partial charge is 0.277 e. The number of amides is 1. The van der Waals surface area contributed by atoms with Crippen LogP contribution < -0.4 is 5.32 Å². The molecule has 0 atom stereocenters. The molecular formula is C17H20N4O5S2. The second-order valence-corrected chi connectivity index (χ2v) is 8.66. The predicted octanol–water partition coefficient (Wildman–Crippen LogP) is 1.15. The first kappa shape index (κ1) is 20.5. The Morgan fingerprint density at radius 3 is 2.86 bits per heavy atom. The molecule has 11 heteroatoms. The molecule has 0 spiro atoms. The number of thioether (sulfide) groups is 1. The third-order valence-corrected chi connectivity index (χ3v) is 6.58. The molecule has 1 fully saturated rings. The maximum atomic E-state index is 12.8. The van der Waals surface area contributed by atoms with Crippen LogP contribution in [0.15, 0.2) is 51.5 Å². The van der Waals surface area contributed by atoms with Gasteiger partial charge in [0, 0.05) is 25.2 Å². The number of carbonyl (C=O) groups excluding carboxylic acids is 1. The Labute approximate surface area is 167 Å². The lowest BCUT2D eigenvalue weighted by molar-refractivity contribution is -0.118. The Bertz CT molecular complexity index is 939. The van der Waals surface area contributed by atoms with Gasteiger partial charge in [-0.3, -0.25) is 4.79 Å². The zero-order valence-corrected chi connectivity index (χ0v) is 16.7.